The van der Waals surface area contributed by atoms with E-state index in [9.17, 15) is 0 Å². The molecule has 3 fully saturated rings. The van der Waals surface area contributed by atoms with Crippen LogP contribution in [0, 0.1) is 28.6 Å². The third kappa shape index (κ3) is 6.62. The zero-order valence-corrected chi connectivity index (χ0v) is 39.9. The fourth-order valence-electron chi connectivity index (χ4n) is 13.3. The molecule has 2 heterocycles. The van der Waals surface area contributed by atoms with Crippen molar-refractivity contribution in [1.82, 2.24) is 0 Å². The maximum absolute atomic E-state index is 7.87. The van der Waals surface area contributed by atoms with Crippen LogP contribution in [0.2, 0.25) is 10.1 Å². The minimum atomic E-state index is -2.88. The number of hydrogen-bond acceptors (Lipinski definition) is 5. The predicted octanol–water partition coefficient (Wildman–Crippen LogP) is 9.60. The third-order valence-electron chi connectivity index (χ3n) is 16.1. The van der Waals surface area contributed by atoms with E-state index >= 15 is 0 Å². The molecule has 4 aromatic rings. The molecular weight excluding hydrogens is 785 g/mol. The molecule has 322 valence electrons. The zero-order valence-electron chi connectivity index (χ0n) is 37.9. The molecule has 6 atom stereocenters. The number of rotatable bonds is 11. The van der Waals surface area contributed by atoms with Crippen LogP contribution in [0.5, 0.6) is 0 Å². The second kappa shape index (κ2) is 15.7. The second-order valence-electron chi connectivity index (χ2n) is 21.1. The average molecular weight is 853 g/mol. The lowest BCUT2D eigenvalue weighted by atomic mass is 9.44. The van der Waals surface area contributed by atoms with Crippen LogP contribution >= 0.6 is 0 Å². The first-order valence-corrected chi connectivity index (χ1v) is 26.8. The summed E-state index contributed by atoms with van der Waals surface area (Å²) in [5.74, 6) is 0.175. The minimum absolute atomic E-state index is 0.0372. The van der Waals surface area contributed by atoms with E-state index in [4.69, 9.17) is 23.1 Å². The van der Waals surface area contributed by atoms with Gasteiger partial charge in [0.1, 0.15) is 5.60 Å². The quantitative estimate of drug-likeness (QED) is 0.111. The van der Waals surface area contributed by atoms with Gasteiger partial charge in [-0.05, 0) is 61.4 Å². The van der Waals surface area contributed by atoms with Gasteiger partial charge in [-0.1, -0.05) is 201 Å². The first-order valence-electron chi connectivity index (χ1n) is 23.0. The molecule has 2 saturated heterocycles. The van der Waals surface area contributed by atoms with Gasteiger partial charge in [-0.25, -0.2) is 0 Å². The highest BCUT2D eigenvalue weighted by Gasteiger charge is 2.69. The van der Waals surface area contributed by atoms with Gasteiger partial charge in [0.2, 0.25) is 0 Å². The predicted molar refractivity (Wildman–Crippen MR) is 253 cm³/mol. The lowest BCUT2D eigenvalue weighted by molar-refractivity contribution is -0.211. The minimum Gasteiger partial charge on any atom is -0.407 e. The second-order valence-corrected chi connectivity index (χ2v) is 29.7. The lowest BCUT2D eigenvalue weighted by Gasteiger charge is -2.60. The van der Waals surface area contributed by atoms with E-state index in [1.165, 1.54) is 26.3 Å². The molecular formula is C54H68O5Si2. The normalized spacial score (nSPS) is 29.6. The number of fused-ring (bicyclic) bond motifs is 3. The van der Waals surface area contributed by atoms with Crippen molar-refractivity contribution in [1.29, 1.82) is 0 Å². The molecule has 0 N–H and O–H groups in total. The van der Waals surface area contributed by atoms with Gasteiger partial charge in [0.05, 0.1) is 26.4 Å². The van der Waals surface area contributed by atoms with Crippen molar-refractivity contribution in [2.45, 2.75) is 103 Å². The highest BCUT2D eigenvalue weighted by Crippen LogP contribution is 2.69. The van der Waals surface area contributed by atoms with Crippen molar-refractivity contribution >= 4 is 37.4 Å². The van der Waals surface area contributed by atoms with Crippen LogP contribution in [0.25, 0.3) is 0 Å². The summed E-state index contributed by atoms with van der Waals surface area (Å²) in [6.45, 7) is 22.3. The standard InChI is InChI=1S/C54H68O5Si2/c1-41-46-29-32-52-39-57-53(33-30-47(52)51(46,8)34-35-54(41)55-37-38-56-54,40-59-61(50(5,6)7,44-25-17-11-18-26-44)45-27-19-12-20-28-45)48(52)31-36-58-60(49(2,3)4,42-21-13-9-14-22-42)43-23-15-10-16-24-43/h9-30,33,41,47-48H,31-32,34-40H2,1-8H3/t41-,47+,48+,51-,52-,53-/m0/s1. The van der Waals surface area contributed by atoms with Gasteiger partial charge in [-0.3, -0.25) is 0 Å². The van der Waals surface area contributed by atoms with Crippen molar-refractivity contribution < 1.29 is 23.1 Å². The van der Waals surface area contributed by atoms with Crippen molar-refractivity contribution in [3.05, 3.63) is 145 Å². The monoisotopic (exact) mass is 852 g/mol. The summed E-state index contributed by atoms with van der Waals surface area (Å²) in [7, 11) is -5.66. The first kappa shape index (κ1) is 42.9. The molecule has 2 aliphatic heterocycles. The van der Waals surface area contributed by atoms with E-state index in [0.29, 0.717) is 39.0 Å². The fraction of sp³-hybridized carbons (Fsp3) is 0.481. The molecule has 7 heteroatoms. The Hall–Kier alpha value is -3.41. The van der Waals surface area contributed by atoms with E-state index in [2.05, 4.69) is 195 Å². The van der Waals surface area contributed by atoms with Crippen LogP contribution in [0.1, 0.15) is 81.1 Å². The molecule has 0 radical (unpaired) electrons. The Morgan fingerprint density at radius 3 is 1.59 bits per heavy atom. The summed E-state index contributed by atoms with van der Waals surface area (Å²) >= 11 is 0. The molecule has 5 aliphatic rings. The van der Waals surface area contributed by atoms with Crippen molar-refractivity contribution in [3.8, 4) is 0 Å². The summed E-state index contributed by atoms with van der Waals surface area (Å²) in [5, 5.41) is 4.95. The summed E-state index contributed by atoms with van der Waals surface area (Å²) < 4.78 is 36.0. The van der Waals surface area contributed by atoms with Crippen LogP contribution in [-0.4, -0.2) is 61.1 Å². The van der Waals surface area contributed by atoms with Crippen molar-refractivity contribution in [2.24, 2.45) is 28.6 Å². The number of hydrogen-bond donors (Lipinski definition) is 0. The Morgan fingerprint density at radius 2 is 1.11 bits per heavy atom. The topological polar surface area (TPSA) is 46.2 Å². The highest BCUT2D eigenvalue weighted by atomic mass is 28.4. The van der Waals surface area contributed by atoms with Gasteiger partial charge >= 0.3 is 0 Å². The van der Waals surface area contributed by atoms with Gasteiger partial charge in [0.15, 0.2) is 5.79 Å². The maximum atomic E-state index is 7.87. The van der Waals surface area contributed by atoms with Crippen molar-refractivity contribution in [3.63, 3.8) is 0 Å². The highest BCUT2D eigenvalue weighted by molar-refractivity contribution is 7.00. The van der Waals surface area contributed by atoms with Gasteiger partial charge in [-0.2, -0.15) is 0 Å². The van der Waals surface area contributed by atoms with Gasteiger partial charge in [-0.15, -0.1) is 0 Å². The molecule has 2 bridgehead atoms. The van der Waals surface area contributed by atoms with Gasteiger partial charge < -0.3 is 23.1 Å². The fourth-order valence-corrected chi connectivity index (χ4v) is 22.5. The molecule has 5 nitrogen and oxygen atoms in total. The van der Waals surface area contributed by atoms with E-state index in [0.717, 1.165) is 25.7 Å². The molecule has 0 unspecified atom stereocenters. The number of ether oxygens (including phenoxy) is 3. The molecule has 4 aromatic carbocycles. The Kier molecular flexibility index (Phi) is 11.0. The number of allylic oxidation sites excluding steroid dienone is 2. The number of benzene rings is 4. The van der Waals surface area contributed by atoms with Crippen LogP contribution in [0.3, 0.4) is 0 Å². The Bertz CT molecular complexity index is 2130. The Balaban J connectivity index is 1.14. The van der Waals surface area contributed by atoms with Crippen LogP contribution in [-0.2, 0) is 23.1 Å². The summed E-state index contributed by atoms with van der Waals surface area (Å²) in [6.07, 6.45) is 11.4. The summed E-state index contributed by atoms with van der Waals surface area (Å²) in [5.41, 5.74) is 0.744. The van der Waals surface area contributed by atoms with E-state index in [-0.39, 0.29) is 32.7 Å². The molecule has 2 spiro atoms. The molecule has 1 saturated carbocycles. The molecule has 0 aromatic heterocycles. The van der Waals surface area contributed by atoms with Crippen molar-refractivity contribution in [2.75, 3.05) is 33.0 Å². The first-order chi connectivity index (χ1) is 29.2. The van der Waals surface area contributed by atoms with Gasteiger partial charge in [0, 0.05) is 30.3 Å². The Labute approximate surface area is 368 Å². The maximum Gasteiger partial charge on any atom is 0.261 e. The summed E-state index contributed by atoms with van der Waals surface area (Å²) in [6, 6.07) is 44.3. The molecule has 61 heavy (non-hydrogen) atoms. The third-order valence-corrected chi connectivity index (χ3v) is 26.1. The van der Waals surface area contributed by atoms with Crippen LogP contribution < -0.4 is 20.7 Å². The molecule has 9 rings (SSSR count). The van der Waals surface area contributed by atoms with E-state index in [1.807, 2.05) is 0 Å². The molecule has 3 aliphatic carbocycles. The smallest absolute Gasteiger partial charge is 0.261 e. The average Bonchev–Trinajstić information content (AvgIpc) is 3.80. The lowest BCUT2D eigenvalue weighted by Crippen LogP contribution is -2.68. The molecule has 0 amide bonds. The summed E-state index contributed by atoms with van der Waals surface area (Å²) in [4.78, 5) is 0. The van der Waals surface area contributed by atoms with E-state index in [1.54, 1.807) is 0 Å². The van der Waals surface area contributed by atoms with Crippen LogP contribution in [0.15, 0.2) is 145 Å². The zero-order chi connectivity index (χ0) is 42.8. The van der Waals surface area contributed by atoms with E-state index < -0.39 is 28.0 Å². The SMILES string of the molecule is C[C@H]1C2=CC[C@]34CO[C@](CO[Si](c5ccccc5)(c5ccccc5)C(C)(C)C)(C=C[C@@H]3[C@@]2(C)CCC12OCCO2)[C@@H]4CCO[Si](c1ccccc1)(c1ccccc1)C(C)(C)C. The Morgan fingerprint density at radius 1 is 0.639 bits per heavy atom. The van der Waals surface area contributed by atoms with Crippen LogP contribution in [0.4, 0.5) is 0 Å². The van der Waals surface area contributed by atoms with Gasteiger partial charge in [0.25, 0.3) is 16.6 Å². The largest absolute Gasteiger partial charge is 0.407 e.